The minimum absolute atomic E-state index is 0.141. The molecule has 4 heterocycles. The van der Waals surface area contributed by atoms with Crippen molar-refractivity contribution in [3.63, 3.8) is 0 Å². The van der Waals surface area contributed by atoms with Crippen LogP contribution in [0.25, 0.3) is 0 Å². The van der Waals surface area contributed by atoms with Crippen molar-refractivity contribution in [3.05, 3.63) is 60.2 Å². The molecule has 4 aliphatic rings. The van der Waals surface area contributed by atoms with Gasteiger partial charge in [-0.2, -0.15) is 0 Å². The molecule has 0 aliphatic carbocycles. The molecule has 0 saturated carbocycles. The van der Waals surface area contributed by atoms with E-state index in [2.05, 4.69) is 5.32 Å². The number of ether oxygens (including phenoxy) is 2. The van der Waals surface area contributed by atoms with E-state index in [9.17, 15) is 24.3 Å². The first-order valence-electron chi connectivity index (χ1n) is 15.0. The number of allylic oxidation sites excluding steroid dienone is 1. The van der Waals surface area contributed by atoms with Crippen molar-refractivity contribution in [1.29, 1.82) is 0 Å². The second-order valence-corrected chi connectivity index (χ2v) is 11.7. The number of aliphatic hydroxyl groups excluding tert-OH is 1. The summed E-state index contributed by atoms with van der Waals surface area (Å²) in [5.41, 5.74) is -0.705. The lowest BCUT2D eigenvalue weighted by Gasteiger charge is -2.40. The Labute approximate surface area is 246 Å². The molecule has 1 aromatic carbocycles. The van der Waals surface area contributed by atoms with Gasteiger partial charge in [-0.3, -0.25) is 19.2 Å². The molecule has 1 aromatic rings. The van der Waals surface area contributed by atoms with Gasteiger partial charge >= 0.3 is 5.97 Å². The third-order valence-electron chi connectivity index (χ3n) is 8.94. The van der Waals surface area contributed by atoms with Crippen molar-refractivity contribution >= 4 is 23.7 Å². The number of hydrogen-bond donors (Lipinski definition) is 2. The Morgan fingerprint density at radius 3 is 2.60 bits per heavy atom. The first-order chi connectivity index (χ1) is 20.2. The molecule has 226 valence electrons. The van der Waals surface area contributed by atoms with E-state index in [4.69, 9.17) is 9.47 Å². The number of cyclic esters (lactones) is 1. The number of rotatable bonds is 6. The van der Waals surface area contributed by atoms with E-state index in [0.29, 0.717) is 12.0 Å². The lowest BCUT2D eigenvalue weighted by Crippen LogP contribution is -2.58. The standard InChI is InChI=1S/C32H41N3O7/c1-4-11-20(2)34-17-10-6-9-14-25(37)33-18-21(3)41-31(40)26-24-15-16-32(42-24)27(26)29(38)35(28(32)30(34)39)23(19-36)22-12-7-5-8-13-22/h5-8,10,12-13,15-16,20-21,23-24,26-28,36H,4,9,11,14,17-19H2,1-3H3,(H,33,37)/b10-6-/t20?,21-,23+,24+,26-,27-,28+,32-/m0/s1. The third-order valence-corrected chi connectivity index (χ3v) is 8.94. The zero-order valence-corrected chi connectivity index (χ0v) is 24.5. The maximum absolute atomic E-state index is 14.8. The molecule has 0 aromatic heterocycles. The number of carbonyl (C=O) groups excluding carboxylic acids is 4. The Balaban J connectivity index is 1.62. The minimum Gasteiger partial charge on any atom is -0.460 e. The van der Waals surface area contributed by atoms with Crippen molar-refractivity contribution < 1.29 is 33.8 Å². The molecule has 0 radical (unpaired) electrons. The lowest BCUT2D eigenvalue weighted by atomic mass is 9.74. The van der Waals surface area contributed by atoms with Crippen LogP contribution >= 0.6 is 0 Å². The minimum atomic E-state index is -1.38. The average molecular weight is 580 g/mol. The van der Waals surface area contributed by atoms with E-state index in [1.54, 1.807) is 24.0 Å². The predicted octanol–water partition coefficient (Wildman–Crippen LogP) is 2.29. The maximum Gasteiger partial charge on any atom is 0.313 e. The van der Waals surface area contributed by atoms with Crippen molar-refractivity contribution in [2.45, 2.75) is 82.4 Å². The summed E-state index contributed by atoms with van der Waals surface area (Å²) in [5, 5.41) is 13.5. The fraction of sp³-hybridized carbons (Fsp3) is 0.562. The van der Waals surface area contributed by atoms with Crippen LogP contribution in [0.2, 0.25) is 0 Å². The molecule has 42 heavy (non-hydrogen) atoms. The number of nitrogens with one attached hydrogen (secondary N) is 1. The highest BCUT2D eigenvalue weighted by atomic mass is 16.6. The molecule has 4 aliphatic heterocycles. The lowest BCUT2D eigenvalue weighted by molar-refractivity contribution is -0.159. The average Bonchev–Trinajstić information content (AvgIpc) is 3.62. The van der Waals surface area contributed by atoms with Crippen LogP contribution in [-0.4, -0.2) is 88.2 Å². The summed E-state index contributed by atoms with van der Waals surface area (Å²) in [6, 6.07) is 7.04. The fourth-order valence-electron chi connectivity index (χ4n) is 6.92. The van der Waals surface area contributed by atoms with E-state index in [-0.39, 0.29) is 37.4 Å². The molecule has 5 bridgehead atoms. The molecule has 2 fully saturated rings. The van der Waals surface area contributed by atoms with E-state index >= 15 is 0 Å². The smallest absolute Gasteiger partial charge is 0.313 e. The van der Waals surface area contributed by atoms with Gasteiger partial charge in [0.25, 0.3) is 0 Å². The van der Waals surface area contributed by atoms with E-state index < -0.39 is 60.2 Å². The number of nitrogens with zero attached hydrogens (tertiary/aromatic N) is 2. The largest absolute Gasteiger partial charge is 0.460 e. The van der Waals surface area contributed by atoms with Gasteiger partial charge < -0.3 is 29.7 Å². The summed E-state index contributed by atoms with van der Waals surface area (Å²) in [7, 11) is 0. The number of esters is 1. The number of amides is 3. The second kappa shape index (κ2) is 12.4. The van der Waals surface area contributed by atoms with Crippen LogP contribution in [-0.2, 0) is 28.7 Å². The summed E-state index contributed by atoms with van der Waals surface area (Å²) in [6.07, 6.45) is 8.27. The summed E-state index contributed by atoms with van der Waals surface area (Å²) < 4.78 is 12.2. The predicted molar refractivity (Wildman–Crippen MR) is 154 cm³/mol. The Morgan fingerprint density at radius 1 is 1.12 bits per heavy atom. The second-order valence-electron chi connectivity index (χ2n) is 11.7. The van der Waals surface area contributed by atoms with Crippen LogP contribution in [0.3, 0.4) is 0 Å². The number of benzene rings is 1. The molecule has 10 heteroatoms. The zero-order chi connectivity index (χ0) is 30.0. The molecular weight excluding hydrogens is 538 g/mol. The van der Waals surface area contributed by atoms with Crippen LogP contribution in [0, 0.1) is 11.8 Å². The molecule has 2 saturated heterocycles. The first-order valence-corrected chi connectivity index (χ1v) is 15.0. The van der Waals surface area contributed by atoms with Crippen LogP contribution in [0.5, 0.6) is 0 Å². The van der Waals surface area contributed by atoms with Crippen molar-refractivity contribution in [2.75, 3.05) is 19.7 Å². The SMILES string of the molecule is CCCC(C)N1C/C=C\CCC(=O)NC[C@H](C)OC(=O)[C@@H]2[C@H]3C(=O)N([C@H](CO)c4ccccc4)[C@H](C1=O)[C@]31C=C[C@H]2O1. The third kappa shape index (κ3) is 5.26. The van der Waals surface area contributed by atoms with Crippen LogP contribution in [0.1, 0.15) is 58.1 Å². The molecule has 5 rings (SSSR count). The Kier molecular flexibility index (Phi) is 8.84. The van der Waals surface area contributed by atoms with E-state index in [0.717, 1.165) is 12.8 Å². The normalized spacial score (nSPS) is 33.8. The summed E-state index contributed by atoms with van der Waals surface area (Å²) in [6.45, 7) is 5.73. The molecule has 10 nitrogen and oxygen atoms in total. The fourth-order valence-corrected chi connectivity index (χ4v) is 6.92. The highest BCUT2D eigenvalue weighted by Gasteiger charge is 2.74. The molecule has 3 amide bonds. The van der Waals surface area contributed by atoms with E-state index in [1.165, 1.54) is 4.90 Å². The van der Waals surface area contributed by atoms with Gasteiger partial charge in [0.1, 0.15) is 23.7 Å². The Bertz CT molecular complexity index is 1250. The number of aliphatic hydroxyl groups is 1. The molecule has 1 spiro atoms. The van der Waals surface area contributed by atoms with Crippen molar-refractivity contribution in [3.8, 4) is 0 Å². The summed E-state index contributed by atoms with van der Waals surface area (Å²) in [4.78, 5) is 58.4. The molecule has 8 atom stereocenters. The number of likely N-dealkylation sites (tertiary alicyclic amines) is 1. The molecule has 2 N–H and O–H groups in total. The Morgan fingerprint density at radius 2 is 1.88 bits per heavy atom. The quantitative estimate of drug-likeness (QED) is 0.391. The van der Waals surface area contributed by atoms with Gasteiger partial charge in [-0.25, -0.2) is 0 Å². The van der Waals surface area contributed by atoms with Crippen molar-refractivity contribution in [1.82, 2.24) is 15.1 Å². The first kappa shape index (κ1) is 30.0. The topological polar surface area (TPSA) is 125 Å². The molecule has 1 unspecified atom stereocenters. The van der Waals surface area contributed by atoms with Gasteiger partial charge in [0.05, 0.1) is 31.2 Å². The maximum atomic E-state index is 14.8. The van der Waals surface area contributed by atoms with Gasteiger partial charge in [-0.1, -0.05) is 68.0 Å². The Hall–Kier alpha value is -3.50. The van der Waals surface area contributed by atoms with Gasteiger partial charge in [-0.15, -0.1) is 0 Å². The zero-order valence-electron chi connectivity index (χ0n) is 24.5. The van der Waals surface area contributed by atoms with Gasteiger partial charge in [0.15, 0.2) is 0 Å². The van der Waals surface area contributed by atoms with Crippen LogP contribution < -0.4 is 5.32 Å². The monoisotopic (exact) mass is 579 g/mol. The van der Waals surface area contributed by atoms with Gasteiger partial charge in [-0.05, 0) is 32.3 Å². The van der Waals surface area contributed by atoms with E-state index in [1.807, 2.05) is 56.3 Å². The highest BCUT2D eigenvalue weighted by molar-refractivity contribution is 5.99. The molecular formula is C32H41N3O7. The number of fused-ring (bicyclic) bond motifs is 2. The summed E-state index contributed by atoms with van der Waals surface area (Å²) in [5.74, 6) is -3.46. The van der Waals surface area contributed by atoms with Crippen molar-refractivity contribution in [2.24, 2.45) is 11.8 Å². The van der Waals surface area contributed by atoms with Crippen LogP contribution in [0.4, 0.5) is 0 Å². The number of carbonyl (C=O) groups is 4. The van der Waals surface area contributed by atoms with Gasteiger partial charge in [0.2, 0.25) is 17.7 Å². The number of hydrogen-bond acceptors (Lipinski definition) is 7. The van der Waals surface area contributed by atoms with Gasteiger partial charge in [0, 0.05) is 19.0 Å². The van der Waals surface area contributed by atoms with Crippen LogP contribution in [0.15, 0.2) is 54.6 Å². The summed E-state index contributed by atoms with van der Waals surface area (Å²) >= 11 is 0. The highest BCUT2D eigenvalue weighted by Crippen LogP contribution is 2.57.